The average molecular weight is 374 g/mol. The summed E-state index contributed by atoms with van der Waals surface area (Å²) in [5.74, 6) is -6.32. The van der Waals surface area contributed by atoms with Crippen molar-refractivity contribution >= 4 is 5.83 Å². The summed E-state index contributed by atoms with van der Waals surface area (Å²) in [5, 5.41) is 0. The molecule has 0 aliphatic rings. The van der Waals surface area contributed by atoms with Crippen LogP contribution in [0.1, 0.15) is 5.56 Å². The minimum Gasteiger partial charge on any atom is -0.236 e. The molecule has 0 bridgehead atoms. The predicted molar refractivity (Wildman–Crippen MR) is 92.1 cm³/mol. The van der Waals surface area contributed by atoms with Gasteiger partial charge in [0.2, 0.25) is 0 Å². The van der Waals surface area contributed by atoms with Gasteiger partial charge in [-0.05, 0) is 23.8 Å². The lowest BCUT2D eigenvalue weighted by molar-refractivity contribution is 0.447. The van der Waals surface area contributed by atoms with E-state index in [1.54, 1.807) is 12.1 Å². The van der Waals surface area contributed by atoms with E-state index in [9.17, 15) is 22.0 Å². The molecule has 27 heavy (non-hydrogen) atoms. The maximum absolute atomic E-state index is 13.7. The Labute approximate surface area is 151 Å². The maximum Gasteiger partial charge on any atom is 0.194 e. The molecule has 1 heterocycles. The molecule has 0 amide bonds. The number of nitrogens with zero attached hydrogens (tertiary/aromatic N) is 2. The number of rotatable bonds is 4. The smallest absolute Gasteiger partial charge is 0.194 e. The molecule has 0 radical (unpaired) electrons. The number of hydrogen-bond donors (Lipinski definition) is 0. The van der Waals surface area contributed by atoms with Crippen molar-refractivity contribution in [1.29, 1.82) is 0 Å². The van der Waals surface area contributed by atoms with Crippen LogP contribution >= 0.6 is 0 Å². The van der Waals surface area contributed by atoms with E-state index < -0.39 is 29.1 Å². The van der Waals surface area contributed by atoms with Gasteiger partial charge in [0, 0.05) is 29.1 Å². The summed E-state index contributed by atoms with van der Waals surface area (Å²) in [4.78, 5) is 8.03. The van der Waals surface area contributed by atoms with E-state index in [1.165, 1.54) is 24.5 Å². The van der Waals surface area contributed by atoms with E-state index in [0.717, 1.165) is 18.2 Å². The van der Waals surface area contributed by atoms with Gasteiger partial charge in [0.1, 0.15) is 0 Å². The molecule has 0 spiro atoms. The Hall–Kier alpha value is -3.35. The highest BCUT2D eigenvalue weighted by molar-refractivity contribution is 5.69. The first-order valence-corrected chi connectivity index (χ1v) is 7.66. The van der Waals surface area contributed by atoms with Crippen LogP contribution in [0, 0.1) is 17.5 Å². The van der Waals surface area contributed by atoms with Gasteiger partial charge < -0.3 is 0 Å². The zero-order valence-corrected chi connectivity index (χ0v) is 13.7. The molecular formula is C20H11F5N2. The first-order chi connectivity index (χ1) is 12.9. The molecule has 0 fully saturated rings. The molecule has 0 unspecified atom stereocenters. The topological polar surface area (TPSA) is 25.8 Å². The van der Waals surface area contributed by atoms with Crippen LogP contribution in [0.25, 0.3) is 28.3 Å². The second-order valence-corrected chi connectivity index (χ2v) is 5.49. The lowest BCUT2D eigenvalue weighted by atomic mass is 10.1. The fraction of sp³-hybridized carbons (Fsp3) is 0. The molecule has 136 valence electrons. The summed E-state index contributed by atoms with van der Waals surface area (Å²) in [6.07, 6.45) is 3.57. The number of aromatic nitrogens is 2. The molecular weight excluding hydrogens is 363 g/mol. The van der Waals surface area contributed by atoms with Gasteiger partial charge in [-0.15, -0.1) is 0 Å². The lowest BCUT2D eigenvalue weighted by Crippen LogP contribution is -1.95. The van der Waals surface area contributed by atoms with Crippen LogP contribution in [-0.4, -0.2) is 9.97 Å². The Morgan fingerprint density at radius 2 is 1.37 bits per heavy atom. The van der Waals surface area contributed by atoms with Crippen molar-refractivity contribution in [2.24, 2.45) is 0 Å². The van der Waals surface area contributed by atoms with E-state index >= 15 is 0 Å². The molecule has 0 aliphatic carbocycles. The molecule has 1 aromatic heterocycles. The summed E-state index contributed by atoms with van der Waals surface area (Å²) in [6.45, 7) is 3.16. The van der Waals surface area contributed by atoms with Crippen LogP contribution in [0.15, 0.2) is 67.3 Å². The largest absolute Gasteiger partial charge is 0.236 e. The molecule has 3 rings (SSSR count). The molecule has 0 atom stereocenters. The predicted octanol–water partition coefficient (Wildman–Crippen LogP) is 6.02. The quantitative estimate of drug-likeness (QED) is 0.317. The molecule has 0 saturated carbocycles. The summed E-state index contributed by atoms with van der Waals surface area (Å²) >= 11 is 0. The summed E-state index contributed by atoms with van der Waals surface area (Å²) in [7, 11) is 0. The van der Waals surface area contributed by atoms with E-state index in [0.29, 0.717) is 11.1 Å². The van der Waals surface area contributed by atoms with Crippen molar-refractivity contribution in [3.63, 3.8) is 0 Å². The third kappa shape index (κ3) is 3.76. The molecule has 2 nitrogen and oxygen atoms in total. The van der Waals surface area contributed by atoms with Gasteiger partial charge in [0.25, 0.3) is 0 Å². The van der Waals surface area contributed by atoms with Crippen molar-refractivity contribution in [1.82, 2.24) is 9.97 Å². The zero-order valence-electron chi connectivity index (χ0n) is 13.7. The molecule has 3 aromatic rings. The standard InChI is InChI=1S/C20H11F5N2/c1-2-15(21)18(24)12-5-3-11(4-6-12)14-9-26-20(27-10-14)13-7-16(22)19(25)17(23)8-13/h2-10H,1H2. The summed E-state index contributed by atoms with van der Waals surface area (Å²) in [6, 6.07) is 7.44. The molecule has 7 heteroatoms. The van der Waals surface area contributed by atoms with E-state index in [4.69, 9.17) is 0 Å². The second kappa shape index (κ2) is 7.49. The van der Waals surface area contributed by atoms with Crippen LogP contribution in [0.3, 0.4) is 0 Å². The van der Waals surface area contributed by atoms with Gasteiger partial charge in [0.05, 0.1) is 0 Å². The SMILES string of the molecule is C=CC(F)=C(F)c1ccc(-c2cnc(-c3cc(F)c(F)c(F)c3)nc2)cc1. The van der Waals surface area contributed by atoms with E-state index in [2.05, 4.69) is 16.5 Å². The van der Waals surface area contributed by atoms with E-state index in [-0.39, 0.29) is 17.0 Å². The minimum absolute atomic E-state index is 0.00945. The van der Waals surface area contributed by atoms with Gasteiger partial charge >= 0.3 is 0 Å². The normalized spacial score (nSPS) is 11.9. The summed E-state index contributed by atoms with van der Waals surface area (Å²) < 4.78 is 66.6. The summed E-state index contributed by atoms with van der Waals surface area (Å²) in [5.41, 5.74) is 1.20. The van der Waals surface area contributed by atoms with Gasteiger partial charge in [-0.2, -0.15) is 0 Å². The lowest BCUT2D eigenvalue weighted by Gasteiger charge is -2.05. The third-order valence-corrected chi connectivity index (χ3v) is 3.75. The van der Waals surface area contributed by atoms with Crippen molar-refractivity contribution in [3.05, 3.63) is 90.3 Å². The Balaban J connectivity index is 1.89. The molecule has 2 aromatic carbocycles. The number of benzene rings is 2. The van der Waals surface area contributed by atoms with Gasteiger partial charge in [0.15, 0.2) is 34.9 Å². The number of halogens is 5. The van der Waals surface area contributed by atoms with Crippen molar-refractivity contribution in [2.45, 2.75) is 0 Å². The van der Waals surface area contributed by atoms with Crippen molar-refractivity contribution < 1.29 is 22.0 Å². The molecule has 0 aliphatic heterocycles. The van der Waals surface area contributed by atoms with Crippen LogP contribution in [0.4, 0.5) is 22.0 Å². The zero-order chi connectivity index (χ0) is 19.6. The Bertz CT molecular complexity index is 1000. The highest BCUT2D eigenvalue weighted by Gasteiger charge is 2.13. The molecule has 0 saturated heterocycles. The minimum atomic E-state index is -1.57. The van der Waals surface area contributed by atoms with Crippen LogP contribution in [0.2, 0.25) is 0 Å². The van der Waals surface area contributed by atoms with Crippen LogP contribution in [-0.2, 0) is 0 Å². The fourth-order valence-electron chi connectivity index (χ4n) is 2.35. The highest BCUT2D eigenvalue weighted by Crippen LogP contribution is 2.26. The monoisotopic (exact) mass is 374 g/mol. The molecule has 0 N–H and O–H groups in total. The van der Waals surface area contributed by atoms with Crippen molar-refractivity contribution in [3.8, 4) is 22.5 Å². The number of hydrogen-bond acceptors (Lipinski definition) is 2. The Morgan fingerprint density at radius 1 is 0.815 bits per heavy atom. The number of allylic oxidation sites excluding steroid dienone is 2. The van der Waals surface area contributed by atoms with Crippen LogP contribution < -0.4 is 0 Å². The maximum atomic E-state index is 13.7. The van der Waals surface area contributed by atoms with Gasteiger partial charge in [-0.3, -0.25) is 0 Å². The first kappa shape index (κ1) is 18.4. The average Bonchev–Trinajstić information content (AvgIpc) is 2.70. The third-order valence-electron chi connectivity index (χ3n) is 3.75. The van der Waals surface area contributed by atoms with E-state index in [1.807, 2.05) is 0 Å². The van der Waals surface area contributed by atoms with Crippen molar-refractivity contribution in [2.75, 3.05) is 0 Å². The van der Waals surface area contributed by atoms with Gasteiger partial charge in [-0.1, -0.05) is 30.8 Å². The van der Waals surface area contributed by atoms with Crippen LogP contribution in [0.5, 0.6) is 0 Å². The Morgan fingerprint density at radius 3 is 1.89 bits per heavy atom. The van der Waals surface area contributed by atoms with Gasteiger partial charge in [-0.25, -0.2) is 31.9 Å². The fourth-order valence-corrected chi connectivity index (χ4v) is 2.35. The highest BCUT2D eigenvalue weighted by atomic mass is 19.2. The second-order valence-electron chi connectivity index (χ2n) is 5.49. The Kier molecular flexibility index (Phi) is 5.12. The first-order valence-electron chi connectivity index (χ1n) is 7.66.